The van der Waals surface area contributed by atoms with Gasteiger partial charge in [-0.2, -0.15) is 0 Å². The Labute approximate surface area is 96.1 Å². The van der Waals surface area contributed by atoms with E-state index in [0.29, 0.717) is 25.7 Å². The van der Waals surface area contributed by atoms with Crippen molar-refractivity contribution in [1.82, 2.24) is 10.2 Å². The third-order valence-corrected chi connectivity index (χ3v) is 2.61. The molecule has 0 saturated carbocycles. The van der Waals surface area contributed by atoms with Crippen LogP contribution in [0.4, 0.5) is 4.79 Å². The van der Waals surface area contributed by atoms with Crippen LogP contribution in [0.15, 0.2) is 0 Å². The second kappa shape index (κ2) is 4.82. The maximum atomic E-state index is 11.5. The first-order valence-electron chi connectivity index (χ1n) is 5.56. The molecule has 0 bridgehead atoms. The summed E-state index contributed by atoms with van der Waals surface area (Å²) in [6.07, 6.45) is 0. The van der Waals surface area contributed by atoms with Crippen molar-refractivity contribution in [3.8, 4) is 0 Å². The van der Waals surface area contributed by atoms with Gasteiger partial charge in [-0.05, 0) is 19.8 Å². The molecule has 0 aromatic carbocycles. The van der Waals surface area contributed by atoms with Crippen LogP contribution in [0.25, 0.3) is 0 Å². The largest absolute Gasteiger partial charge is 0.379 e. The lowest BCUT2D eigenvalue weighted by Gasteiger charge is -2.27. The zero-order chi connectivity index (χ0) is 12.3. The average molecular weight is 228 g/mol. The zero-order valence-corrected chi connectivity index (χ0v) is 10.4. The van der Waals surface area contributed by atoms with Crippen LogP contribution < -0.4 is 5.32 Å². The number of nitrogens with one attached hydrogen (secondary N) is 1. The number of ether oxygens (including phenoxy) is 1. The van der Waals surface area contributed by atoms with Crippen LogP contribution in [0.3, 0.4) is 0 Å². The van der Waals surface area contributed by atoms with E-state index in [-0.39, 0.29) is 11.9 Å². The van der Waals surface area contributed by atoms with E-state index in [1.54, 1.807) is 13.8 Å². The van der Waals surface area contributed by atoms with Gasteiger partial charge in [-0.1, -0.05) is 13.8 Å². The Hall–Kier alpha value is -1.10. The lowest BCUT2D eigenvalue weighted by atomic mass is 10.1. The lowest BCUT2D eigenvalue weighted by Crippen LogP contribution is -2.45. The molecular weight excluding hydrogens is 208 g/mol. The molecule has 5 nitrogen and oxygen atoms in total. The van der Waals surface area contributed by atoms with E-state index >= 15 is 0 Å². The normalized spacial score (nSPS) is 19.4. The summed E-state index contributed by atoms with van der Waals surface area (Å²) in [4.78, 5) is 24.4. The number of nitrogens with zero attached hydrogens (tertiary/aromatic N) is 1. The molecule has 1 rings (SSSR count). The van der Waals surface area contributed by atoms with Crippen molar-refractivity contribution in [1.29, 1.82) is 0 Å². The van der Waals surface area contributed by atoms with Gasteiger partial charge in [0.15, 0.2) is 0 Å². The third kappa shape index (κ3) is 2.72. The zero-order valence-electron chi connectivity index (χ0n) is 10.4. The summed E-state index contributed by atoms with van der Waals surface area (Å²) in [5, 5.41) is 2.30. The fourth-order valence-corrected chi connectivity index (χ4v) is 1.55. The van der Waals surface area contributed by atoms with Gasteiger partial charge in [0, 0.05) is 13.2 Å². The van der Waals surface area contributed by atoms with Crippen molar-refractivity contribution >= 4 is 11.9 Å². The van der Waals surface area contributed by atoms with E-state index in [1.807, 2.05) is 0 Å². The summed E-state index contributed by atoms with van der Waals surface area (Å²) in [5.41, 5.74) is -0.766. The fraction of sp³-hybridized carbons (Fsp3) is 0.818. The second-order valence-corrected chi connectivity index (χ2v) is 4.94. The number of amides is 3. The Morgan fingerprint density at radius 2 is 2.00 bits per heavy atom. The molecule has 0 aromatic rings. The van der Waals surface area contributed by atoms with Gasteiger partial charge in [-0.3, -0.25) is 10.1 Å². The van der Waals surface area contributed by atoms with Gasteiger partial charge < -0.3 is 9.64 Å². The maximum absolute atomic E-state index is 11.5. The monoisotopic (exact) mass is 228 g/mol. The highest BCUT2D eigenvalue weighted by molar-refractivity contribution is 6.06. The fourth-order valence-electron chi connectivity index (χ4n) is 1.55. The van der Waals surface area contributed by atoms with E-state index in [2.05, 4.69) is 19.2 Å². The highest BCUT2D eigenvalue weighted by Gasteiger charge is 2.44. The molecule has 0 unspecified atom stereocenters. The van der Waals surface area contributed by atoms with E-state index in [4.69, 9.17) is 4.74 Å². The van der Waals surface area contributed by atoms with E-state index in [0.717, 1.165) is 0 Å². The minimum absolute atomic E-state index is 0.249. The Morgan fingerprint density at radius 3 is 2.44 bits per heavy atom. The van der Waals surface area contributed by atoms with Gasteiger partial charge in [0.05, 0.1) is 6.61 Å². The van der Waals surface area contributed by atoms with Crippen molar-refractivity contribution in [3.63, 3.8) is 0 Å². The Morgan fingerprint density at radius 1 is 1.38 bits per heavy atom. The van der Waals surface area contributed by atoms with E-state index in [1.165, 1.54) is 4.90 Å². The number of imide groups is 1. The number of urea groups is 1. The minimum atomic E-state index is -0.766. The molecule has 0 aliphatic carbocycles. The van der Waals surface area contributed by atoms with Crippen LogP contribution in [0.1, 0.15) is 27.7 Å². The summed E-state index contributed by atoms with van der Waals surface area (Å²) in [7, 11) is 0. The van der Waals surface area contributed by atoms with Gasteiger partial charge in [0.25, 0.3) is 5.91 Å². The molecule has 1 saturated heterocycles. The quantitative estimate of drug-likeness (QED) is 0.564. The van der Waals surface area contributed by atoms with Crippen LogP contribution >= 0.6 is 0 Å². The summed E-state index contributed by atoms with van der Waals surface area (Å²) in [6.45, 7) is 9.17. The van der Waals surface area contributed by atoms with Crippen LogP contribution in [0, 0.1) is 5.92 Å². The number of hydrogen-bond donors (Lipinski definition) is 1. The molecule has 1 N–H and O–H groups in total. The molecule has 16 heavy (non-hydrogen) atoms. The van der Waals surface area contributed by atoms with Gasteiger partial charge in [-0.15, -0.1) is 0 Å². The Balaban J connectivity index is 2.42. The summed E-state index contributed by atoms with van der Waals surface area (Å²) in [5.74, 6) is 0.225. The predicted octanol–water partition coefficient (Wildman–Crippen LogP) is 0.989. The van der Waals surface area contributed by atoms with E-state index < -0.39 is 5.54 Å². The molecule has 1 aliphatic rings. The highest BCUT2D eigenvalue weighted by Crippen LogP contribution is 2.20. The van der Waals surface area contributed by atoms with Crippen molar-refractivity contribution in [2.24, 2.45) is 5.92 Å². The van der Waals surface area contributed by atoms with Crippen LogP contribution in [0.2, 0.25) is 0 Å². The molecule has 1 fully saturated rings. The molecular formula is C11H20N2O3. The van der Waals surface area contributed by atoms with Crippen molar-refractivity contribution in [2.45, 2.75) is 33.2 Å². The maximum Gasteiger partial charge on any atom is 0.325 e. The van der Waals surface area contributed by atoms with Crippen LogP contribution in [-0.4, -0.2) is 42.1 Å². The van der Waals surface area contributed by atoms with Crippen molar-refractivity contribution in [3.05, 3.63) is 0 Å². The SMILES string of the molecule is CC(C)COCCN1C(=O)NC(=O)C1(C)C. The van der Waals surface area contributed by atoms with Crippen molar-refractivity contribution < 1.29 is 14.3 Å². The number of rotatable bonds is 5. The van der Waals surface area contributed by atoms with Gasteiger partial charge in [-0.25, -0.2) is 4.79 Å². The molecule has 1 aliphatic heterocycles. The second-order valence-electron chi connectivity index (χ2n) is 4.94. The van der Waals surface area contributed by atoms with Gasteiger partial charge in [0.1, 0.15) is 5.54 Å². The molecule has 5 heteroatoms. The Kier molecular flexibility index (Phi) is 3.91. The summed E-state index contributed by atoms with van der Waals surface area (Å²) < 4.78 is 5.40. The Bertz CT molecular complexity index is 287. The number of carbonyl (C=O) groups is 2. The first kappa shape index (κ1) is 13.0. The summed E-state index contributed by atoms with van der Waals surface area (Å²) >= 11 is 0. The molecule has 0 atom stereocenters. The molecule has 0 spiro atoms. The lowest BCUT2D eigenvalue weighted by molar-refractivity contribution is -0.125. The molecule has 92 valence electrons. The smallest absolute Gasteiger partial charge is 0.325 e. The number of carbonyl (C=O) groups excluding carboxylic acids is 2. The minimum Gasteiger partial charge on any atom is -0.379 e. The number of hydrogen-bond acceptors (Lipinski definition) is 3. The molecule has 1 heterocycles. The van der Waals surface area contributed by atoms with Crippen LogP contribution in [-0.2, 0) is 9.53 Å². The first-order chi connectivity index (χ1) is 7.35. The average Bonchev–Trinajstić information content (AvgIpc) is 2.33. The molecule has 0 aromatic heterocycles. The van der Waals surface area contributed by atoms with Crippen molar-refractivity contribution in [2.75, 3.05) is 19.8 Å². The van der Waals surface area contributed by atoms with Gasteiger partial charge in [0.2, 0.25) is 0 Å². The van der Waals surface area contributed by atoms with E-state index in [9.17, 15) is 9.59 Å². The van der Waals surface area contributed by atoms with Crippen LogP contribution in [0.5, 0.6) is 0 Å². The van der Waals surface area contributed by atoms with Gasteiger partial charge >= 0.3 is 6.03 Å². The molecule has 0 radical (unpaired) electrons. The predicted molar refractivity (Wildman–Crippen MR) is 60.0 cm³/mol. The standard InChI is InChI=1S/C11H20N2O3/c1-8(2)7-16-6-5-13-10(15)12-9(14)11(13,3)4/h8H,5-7H2,1-4H3,(H,12,14,15). The molecule has 3 amide bonds. The highest BCUT2D eigenvalue weighted by atomic mass is 16.5. The topological polar surface area (TPSA) is 58.6 Å². The first-order valence-corrected chi connectivity index (χ1v) is 5.56. The summed E-state index contributed by atoms with van der Waals surface area (Å²) in [6, 6.07) is -0.330. The third-order valence-electron chi connectivity index (χ3n) is 2.61.